The molecule has 4 heteroatoms. The van der Waals surface area contributed by atoms with Crippen LogP contribution in [0.3, 0.4) is 0 Å². The third-order valence-electron chi connectivity index (χ3n) is 2.86. The van der Waals surface area contributed by atoms with Crippen LogP contribution in [0, 0.1) is 5.82 Å². The molecule has 1 fully saturated rings. The highest BCUT2D eigenvalue weighted by Crippen LogP contribution is 2.31. The van der Waals surface area contributed by atoms with Crippen LogP contribution < -0.4 is 4.90 Å². The minimum absolute atomic E-state index is 0.0229. The van der Waals surface area contributed by atoms with Gasteiger partial charge in [-0.1, -0.05) is 6.07 Å². The number of hydrogen-bond donors (Lipinski definition) is 2. The van der Waals surface area contributed by atoms with E-state index in [9.17, 15) is 9.50 Å². The van der Waals surface area contributed by atoms with Crippen molar-refractivity contribution >= 4 is 5.69 Å². The summed E-state index contributed by atoms with van der Waals surface area (Å²) >= 11 is 0. The smallest absolute Gasteiger partial charge is 0.188 e. The highest BCUT2D eigenvalue weighted by atomic mass is 19.1. The molecule has 0 aromatic heterocycles. The van der Waals surface area contributed by atoms with E-state index in [1.165, 1.54) is 6.07 Å². The number of aliphatic hydroxyl groups is 1. The molecule has 1 aromatic carbocycles. The summed E-state index contributed by atoms with van der Waals surface area (Å²) in [4.78, 5) is 1.81. The number of phenolic OH excluding ortho intramolecular Hbond substituents is 1. The van der Waals surface area contributed by atoms with Crippen molar-refractivity contribution in [1.82, 2.24) is 0 Å². The number of rotatable bonds is 2. The Labute approximate surface area is 87.8 Å². The zero-order valence-electron chi connectivity index (χ0n) is 8.36. The molecule has 1 aliphatic rings. The molecule has 1 saturated heterocycles. The predicted octanol–water partition coefficient (Wildman–Crippen LogP) is 1.49. The number of phenols is 1. The van der Waals surface area contributed by atoms with Crippen LogP contribution in [-0.4, -0.2) is 29.4 Å². The fraction of sp³-hybridized carbons (Fsp3) is 0.455. The Morgan fingerprint density at radius 2 is 2.27 bits per heavy atom. The van der Waals surface area contributed by atoms with Gasteiger partial charge in [-0.15, -0.1) is 0 Å². The molecule has 1 aliphatic heterocycles. The van der Waals surface area contributed by atoms with E-state index in [1.807, 2.05) is 4.90 Å². The van der Waals surface area contributed by atoms with Crippen molar-refractivity contribution < 1.29 is 14.6 Å². The average Bonchev–Trinajstić information content (AvgIpc) is 2.70. The number of halogens is 1. The van der Waals surface area contributed by atoms with Gasteiger partial charge in [-0.3, -0.25) is 0 Å². The quantitative estimate of drug-likeness (QED) is 0.779. The molecule has 82 valence electrons. The Bertz CT molecular complexity index is 356. The molecule has 3 nitrogen and oxygen atoms in total. The minimum atomic E-state index is -0.599. The monoisotopic (exact) mass is 211 g/mol. The highest BCUT2D eigenvalue weighted by molar-refractivity contribution is 5.53. The molecule has 0 spiro atoms. The van der Waals surface area contributed by atoms with E-state index in [2.05, 4.69) is 0 Å². The maximum atomic E-state index is 13.6. The van der Waals surface area contributed by atoms with Crippen molar-refractivity contribution in [3.05, 3.63) is 24.0 Å². The SMILES string of the molecule is OCC1CCCN1c1cccc(O)c1F. The van der Waals surface area contributed by atoms with E-state index < -0.39 is 5.82 Å². The molecule has 1 atom stereocenters. The summed E-state index contributed by atoms with van der Waals surface area (Å²) < 4.78 is 13.6. The normalized spacial score (nSPS) is 20.9. The van der Waals surface area contributed by atoms with Gasteiger partial charge in [0.15, 0.2) is 11.6 Å². The molecule has 1 aromatic rings. The second kappa shape index (κ2) is 4.06. The van der Waals surface area contributed by atoms with E-state index in [-0.39, 0.29) is 18.4 Å². The van der Waals surface area contributed by atoms with E-state index in [0.717, 1.165) is 19.4 Å². The first-order chi connectivity index (χ1) is 7.24. The largest absolute Gasteiger partial charge is 0.505 e. The Morgan fingerprint density at radius 3 is 3.00 bits per heavy atom. The Balaban J connectivity index is 2.32. The van der Waals surface area contributed by atoms with Crippen molar-refractivity contribution in [2.24, 2.45) is 0 Å². The van der Waals surface area contributed by atoms with Crippen LogP contribution >= 0.6 is 0 Å². The second-order valence-electron chi connectivity index (χ2n) is 3.78. The van der Waals surface area contributed by atoms with Gasteiger partial charge in [0.2, 0.25) is 0 Å². The predicted molar refractivity (Wildman–Crippen MR) is 55.5 cm³/mol. The lowest BCUT2D eigenvalue weighted by Gasteiger charge is -2.25. The third kappa shape index (κ3) is 1.77. The van der Waals surface area contributed by atoms with Gasteiger partial charge in [0, 0.05) is 6.54 Å². The summed E-state index contributed by atoms with van der Waals surface area (Å²) in [5, 5.41) is 18.4. The number of nitrogens with zero attached hydrogens (tertiary/aromatic N) is 1. The van der Waals surface area contributed by atoms with E-state index in [1.54, 1.807) is 12.1 Å². The lowest BCUT2D eigenvalue weighted by Crippen LogP contribution is -2.32. The molecular weight excluding hydrogens is 197 g/mol. The Morgan fingerprint density at radius 1 is 1.47 bits per heavy atom. The maximum absolute atomic E-state index is 13.6. The minimum Gasteiger partial charge on any atom is -0.505 e. The summed E-state index contributed by atoms with van der Waals surface area (Å²) in [5.41, 5.74) is 0.381. The number of aromatic hydroxyl groups is 1. The molecule has 0 bridgehead atoms. The molecular formula is C11H14FNO2. The molecule has 0 radical (unpaired) electrons. The number of benzene rings is 1. The summed E-state index contributed by atoms with van der Waals surface area (Å²) in [5.74, 6) is -0.936. The lowest BCUT2D eigenvalue weighted by atomic mass is 10.2. The number of hydrogen-bond acceptors (Lipinski definition) is 3. The van der Waals surface area contributed by atoms with E-state index >= 15 is 0 Å². The van der Waals surface area contributed by atoms with Gasteiger partial charge < -0.3 is 15.1 Å². The molecule has 1 heterocycles. The van der Waals surface area contributed by atoms with Gasteiger partial charge in [-0.25, -0.2) is 4.39 Å². The molecule has 0 amide bonds. The van der Waals surface area contributed by atoms with Crippen LogP contribution in [0.25, 0.3) is 0 Å². The van der Waals surface area contributed by atoms with Crippen molar-refractivity contribution in [2.45, 2.75) is 18.9 Å². The Kier molecular flexibility index (Phi) is 2.77. The molecule has 2 rings (SSSR count). The van der Waals surface area contributed by atoms with Crippen LogP contribution in [0.4, 0.5) is 10.1 Å². The summed E-state index contributed by atoms with van der Waals surface area (Å²) in [6.07, 6.45) is 1.81. The summed E-state index contributed by atoms with van der Waals surface area (Å²) in [6, 6.07) is 4.54. The van der Waals surface area contributed by atoms with Gasteiger partial charge >= 0.3 is 0 Å². The van der Waals surface area contributed by atoms with Gasteiger partial charge in [0.05, 0.1) is 18.3 Å². The standard InChI is InChI=1S/C11H14FNO2/c12-11-9(4-1-5-10(11)15)13-6-2-3-8(13)7-14/h1,4-5,8,14-15H,2-3,6-7H2. The first-order valence-corrected chi connectivity index (χ1v) is 5.09. The van der Waals surface area contributed by atoms with Gasteiger partial charge in [0.25, 0.3) is 0 Å². The number of anilines is 1. The molecule has 2 N–H and O–H groups in total. The van der Waals surface area contributed by atoms with Gasteiger partial charge in [-0.2, -0.15) is 0 Å². The molecule has 1 unspecified atom stereocenters. The Hall–Kier alpha value is -1.29. The molecule has 0 saturated carbocycles. The van der Waals surface area contributed by atoms with Crippen LogP contribution in [0.15, 0.2) is 18.2 Å². The molecule has 0 aliphatic carbocycles. The second-order valence-corrected chi connectivity index (χ2v) is 3.78. The highest BCUT2D eigenvalue weighted by Gasteiger charge is 2.26. The van der Waals surface area contributed by atoms with Crippen LogP contribution in [-0.2, 0) is 0 Å². The zero-order valence-corrected chi connectivity index (χ0v) is 8.36. The average molecular weight is 211 g/mol. The summed E-state index contributed by atoms with van der Waals surface area (Å²) in [7, 11) is 0. The van der Waals surface area contributed by atoms with Crippen LogP contribution in [0.5, 0.6) is 5.75 Å². The van der Waals surface area contributed by atoms with Crippen molar-refractivity contribution in [1.29, 1.82) is 0 Å². The molecule has 15 heavy (non-hydrogen) atoms. The first-order valence-electron chi connectivity index (χ1n) is 5.09. The maximum Gasteiger partial charge on any atom is 0.188 e. The third-order valence-corrected chi connectivity index (χ3v) is 2.86. The fourth-order valence-electron chi connectivity index (χ4n) is 2.07. The van der Waals surface area contributed by atoms with Crippen molar-refractivity contribution in [3.63, 3.8) is 0 Å². The summed E-state index contributed by atoms with van der Waals surface area (Å²) in [6.45, 7) is 0.751. The van der Waals surface area contributed by atoms with Crippen LogP contribution in [0.1, 0.15) is 12.8 Å². The fourth-order valence-corrected chi connectivity index (χ4v) is 2.07. The van der Waals surface area contributed by atoms with Gasteiger partial charge in [0.1, 0.15) is 0 Å². The van der Waals surface area contributed by atoms with Gasteiger partial charge in [-0.05, 0) is 25.0 Å². The van der Waals surface area contributed by atoms with Crippen LogP contribution in [0.2, 0.25) is 0 Å². The van der Waals surface area contributed by atoms with Crippen molar-refractivity contribution in [2.75, 3.05) is 18.1 Å². The van der Waals surface area contributed by atoms with E-state index in [0.29, 0.717) is 5.69 Å². The number of aliphatic hydroxyl groups excluding tert-OH is 1. The topological polar surface area (TPSA) is 43.7 Å². The first kappa shape index (κ1) is 10.2. The van der Waals surface area contributed by atoms with Crippen molar-refractivity contribution in [3.8, 4) is 5.75 Å². The zero-order chi connectivity index (χ0) is 10.8. The lowest BCUT2D eigenvalue weighted by molar-refractivity contribution is 0.266. The van der Waals surface area contributed by atoms with E-state index in [4.69, 9.17) is 5.11 Å².